The zero-order valence-corrected chi connectivity index (χ0v) is 7.03. The van der Waals surface area contributed by atoms with E-state index in [1.54, 1.807) is 6.07 Å². The van der Waals surface area contributed by atoms with Crippen LogP contribution in [-0.2, 0) is 0 Å². The molecule has 0 saturated heterocycles. The molecule has 1 amide bonds. The molecular formula is C11H10KNO. The maximum absolute atomic E-state index is 11.0. The molecule has 0 heterocycles. The Balaban J connectivity index is 0.000000980. The second-order valence-electron chi connectivity index (χ2n) is 2.89. The Morgan fingerprint density at radius 2 is 1.64 bits per heavy atom. The predicted molar refractivity (Wildman–Crippen MR) is 59.6 cm³/mol. The summed E-state index contributed by atoms with van der Waals surface area (Å²) in [6, 6.07) is 13.2. The van der Waals surface area contributed by atoms with Gasteiger partial charge in [0, 0.05) is 5.56 Å². The second kappa shape index (κ2) is 5.05. The number of amides is 1. The summed E-state index contributed by atoms with van der Waals surface area (Å²) < 4.78 is 0. The monoisotopic (exact) mass is 211 g/mol. The number of hydrogen-bond donors (Lipinski definition) is 1. The molecular weight excluding hydrogens is 201 g/mol. The van der Waals surface area contributed by atoms with E-state index in [4.69, 9.17) is 5.73 Å². The Kier molecular flexibility index (Phi) is 4.28. The maximum atomic E-state index is 11.0. The fourth-order valence-electron chi connectivity index (χ4n) is 1.44. The van der Waals surface area contributed by atoms with Gasteiger partial charge in [-0.2, -0.15) is 0 Å². The van der Waals surface area contributed by atoms with Crippen molar-refractivity contribution in [2.75, 3.05) is 0 Å². The summed E-state index contributed by atoms with van der Waals surface area (Å²) >= 11 is 0. The van der Waals surface area contributed by atoms with E-state index in [2.05, 4.69) is 0 Å². The van der Waals surface area contributed by atoms with Gasteiger partial charge in [-0.05, 0) is 16.8 Å². The van der Waals surface area contributed by atoms with Crippen LogP contribution in [0.5, 0.6) is 0 Å². The molecule has 14 heavy (non-hydrogen) atoms. The number of primary amides is 1. The number of hydrogen-bond acceptors (Lipinski definition) is 1. The molecule has 0 saturated carbocycles. The van der Waals surface area contributed by atoms with E-state index in [0.29, 0.717) is 5.56 Å². The minimum absolute atomic E-state index is 0. The topological polar surface area (TPSA) is 43.1 Å². The van der Waals surface area contributed by atoms with E-state index >= 15 is 0 Å². The van der Waals surface area contributed by atoms with E-state index in [-0.39, 0.29) is 57.3 Å². The molecule has 3 heteroatoms. The van der Waals surface area contributed by atoms with Crippen molar-refractivity contribution in [3.63, 3.8) is 0 Å². The molecule has 2 rings (SSSR count). The van der Waals surface area contributed by atoms with E-state index in [9.17, 15) is 4.79 Å². The van der Waals surface area contributed by atoms with E-state index in [1.165, 1.54) is 0 Å². The number of rotatable bonds is 1. The van der Waals surface area contributed by atoms with Gasteiger partial charge in [0.2, 0.25) is 5.91 Å². The van der Waals surface area contributed by atoms with Crippen LogP contribution in [0, 0.1) is 0 Å². The molecule has 2 nitrogen and oxygen atoms in total. The Labute approximate surface area is 125 Å². The third-order valence-electron chi connectivity index (χ3n) is 2.06. The predicted octanol–water partition coefficient (Wildman–Crippen LogP) is 1.29. The zero-order chi connectivity index (χ0) is 9.26. The van der Waals surface area contributed by atoms with Crippen LogP contribution in [0.15, 0.2) is 42.5 Å². The Morgan fingerprint density at radius 3 is 2.36 bits per heavy atom. The fraction of sp³-hybridized carbons (Fsp3) is 0. The molecule has 0 bridgehead atoms. The molecule has 0 aliphatic rings. The average molecular weight is 211 g/mol. The van der Waals surface area contributed by atoms with Crippen molar-refractivity contribution >= 4 is 68.1 Å². The van der Waals surface area contributed by atoms with Crippen LogP contribution in [0.3, 0.4) is 0 Å². The van der Waals surface area contributed by atoms with Crippen molar-refractivity contribution in [2.45, 2.75) is 0 Å². The van der Waals surface area contributed by atoms with Crippen molar-refractivity contribution in [2.24, 2.45) is 5.73 Å². The Morgan fingerprint density at radius 1 is 1.00 bits per heavy atom. The van der Waals surface area contributed by atoms with Gasteiger partial charge in [-0.25, -0.2) is 0 Å². The Hall–Kier alpha value is -0.194. The zero-order valence-electron chi connectivity index (χ0n) is 7.03. The van der Waals surface area contributed by atoms with Gasteiger partial charge >= 0.3 is 51.4 Å². The number of nitrogens with two attached hydrogens (primary N) is 1. The molecule has 0 aromatic heterocycles. The summed E-state index contributed by atoms with van der Waals surface area (Å²) in [4.78, 5) is 11.0. The van der Waals surface area contributed by atoms with E-state index < -0.39 is 0 Å². The van der Waals surface area contributed by atoms with Crippen LogP contribution >= 0.6 is 0 Å². The quantitative estimate of drug-likeness (QED) is 0.710. The number of carbonyl (C=O) groups is 1. The van der Waals surface area contributed by atoms with Gasteiger partial charge in [-0.15, -0.1) is 0 Å². The second-order valence-corrected chi connectivity index (χ2v) is 2.89. The molecule has 0 aliphatic heterocycles. The first-order chi connectivity index (χ1) is 6.29. The molecule has 0 unspecified atom stereocenters. The van der Waals surface area contributed by atoms with Crippen LogP contribution in [0.2, 0.25) is 0 Å². The van der Waals surface area contributed by atoms with E-state index in [0.717, 1.165) is 10.8 Å². The van der Waals surface area contributed by atoms with Crippen LogP contribution in [0.4, 0.5) is 0 Å². The van der Waals surface area contributed by atoms with Crippen molar-refractivity contribution in [1.82, 2.24) is 0 Å². The first kappa shape index (κ1) is 11.9. The van der Waals surface area contributed by atoms with Gasteiger partial charge in [0.05, 0.1) is 0 Å². The summed E-state index contributed by atoms with van der Waals surface area (Å²) in [5.74, 6) is -0.378. The third kappa shape index (κ3) is 2.24. The van der Waals surface area contributed by atoms with Gasteiger partial charge in [-0.3, -0.25) is 4.79 Å². The molecule has 0 aliphatic carbocycles. The molecule has 2 aromatic carbocycles. The third-order valence-corrected chi connectivity index (χ3v) is 2.06. The number of fused-ring (bicyclic) bond motifs is 1. The van der Waals surface area contributed by atoms with Crippen LogP contribution in [0.25, 0.3) is 10.8 Å². The first-order valence-electron chi connectivity index (χ1n) is 4.06. The van der Waals surface area contributed by atoms with Gasteiger partial charge in [0.25, 0.3) is 0 Å². The van der Waals surface area contributed by atoms with E-state index in [1.807, 2.05) is 36.4 Å². The molecule has 0 fully saturated rings. The van der Waals surface area contributed by atoms with Gasteiger partial charge in [-0.1, -0.05) is 36.4 Å². The SMILES string of the molecule is NC(=O)c1cccc2ccccc12.[KH]. The number of benzene rings is 2. The Bertz CT molecular complexity index is 462. The van der Waals surface area contributed by atoms with Crippen LogP contribution in [0.1, 0.15) is 10.4 Å². The minimum atomic E-state index is -0.378. The fourth-order valence-corrected chi connectivity index (χ4v) is 1.44. The molecule has 0 radical (unpaired) electrons. The molecule has 0 spiro atoms. The van der Waals surface area contributed by atoms with Crippen molar-refractivity contribution in [3.8, 4) is 0 Å². The van der Waals surface area contributed by atoms with Crippen LogP contribution < -0.4 is 5.73 Å². The van der Waals surface area contributed by atoms with Crippen molar-refractivity contribution < 1.29 is 4.79 Å². The summed E-state index contributed by atoms with van der Waals surface area (Å²) in [5, 5.41) is 1.95. The normalized spacial score (nSPS) is 9.43. The molecule has 66 valence electrons. The summed E-state index contributed by atoms with van der Waals surface area (Å²) in [6.07, 6.45) is 0. The summed E-state index contributed by atoms with van der Waals surface area (Å²) in [6.45, 7) is 0. The molecule has 2 N–H and O–H groups in total. The van der Waals surface area contributed by atoms with Gasteiger partial charge in [0.15, 0.2) is 0 Å². The summed E-state index contributed by atoms with van der Waals surface area (Å²) in [7, 11) is 0. The average Bonchev–Trinajstić information content (AvgIpc) is 2.17. The number of carbonyl (C=O) groups excluding carboxylic acids is 1. The van der Waals surface area contributed by atoms with Crippen molar-refractivity contribution in [3.05, 3.63) is 48.0 Å². The molecule has 0 atom stereocenters. The standard InChI is InChI=1S/C11H9NO.K.H/c12-11(13)10-7-3-5-8-4-1-2-6-9(8)10;;/h1-7H,(H2,12,13);;. The van der Waals surface area contributed by atoms with Crippen molar-refractivity contribution in [1.29, 1.82) is 0 Å². The molecule has 2 aromatic rings. The first-order valence-corrected chi connectivity index (χ1v) is 4.06. The van der Waals surface area contributed by atoms with Gasteiger partial charge in [0.1, 0.15) is 0 Å². The summed E-state index contributed by atoms with van der Waals surface area (Å²) in [5.41, 5.74) is 5.82. The van der Waals surface area contributed by atoms with Gasteiger partial charge < -0.3 is 5.73 Å². The van der Waals surface area contributed by atoms with Crippen LogP contribution in [-0.4, -0.2) is 57.3 Å².